The summed E-state index contributed by atoms with van der Waals surface area (Å²) in [6.07, 6.45) is -0.677. The third-order valence-electron chi connectivity index (χ3n) is 10.6. The van der Waals surface area contributed by atoms with Gasteiger partial charge in [-0.3, -0.25) is 4.79 Å². The van der Waals surface area contributed by atoms with Gasteiger partial charge in [-0.1, -0.05) is 12.1 Å². The number of esters is 1. The summed E-state index contributed by atoms with van der Waals surface area (Å²) < 4.78 is 16.3. The molecule has 2 N–H and O–H groups in total. The van der Waals surface area contributed by atoms with Crippen molar-refractivity contribution < 1.29 is 24.2 Å². The molecule has 0 saturated carbocycles. The summed E-state index contributed by atoms with van der Waals surface area (Å²) in [6.45, 7) is 4.19. The Kier molecular flexibility index (Phi) is 8.01. The maximum absolute atomic E-state index is 13.9. The van der Waals surface area contributed by atoms with Crippen molar-refractivity contribution in [3.63, 3.8) is 0 Å². The van der Waals surface area contributed by atoms with Crippen molar-refractivity contribution in [3.05, 3.63) is 58.7 Å². The van der Waals surface area contributed by atoms with Crippen LogP contribution in [0.3, 0.4) is 0 Å². The predicted octanol–water partition coefficient (Wildman–Crippen LogP) is 5.24. The average Bonchev–Trinajstić information content (AvgIpc) is 3.77. The Labute approximate surface area is 294 Å². The number of ether oxygens (including phenoxy) is 2. The number of nitrogens with zero attached hydrogens (tertiary/aromatic N) is 4. The molecular weight excluding hydrogens is 659 g/mol. The van der Waals surface area contributed by atoms with Crippen LogP contribution in [0.1, 0.15) is 46.6 Å². The highest BCUT2D eigenvalue weighted by atomic mass is 32.2. The standard InChI is InChI=1S/C37H43N5O5S2/c1-36-37(45,35(44)46-6)17-28(47-36)41-26-9-7-21(19-48-13-11-39(2)3)15-23(26)30-31-25(18-38-34(31)43)29-24-16-22(20-49-14-12-40(4)5)8-10-27(24)42(36)33(29)32(30)41/h7-10,15-16,28,45H,11-14,17-20H2,1-6H3,(H,38,43)/t28?,36-,37-/m0/s1. The van der Waals surface area contributed by atoms with Gasteiger partial charge in [-0.15, -0.1) is 0 Å². The van der Waals surface area contributed by atoms with E-state index in [0.717, 1.165) is 85.3 Å². The van der Waals surface area contributed by atoms with Crippen LogP contribution in [0.5, 0.6) is 0 Å². The Morgan fingerprint density at radius 3 is 2.20 bits per heavy atom. The molecule has 0 aliphatic carbocycles. The Hall–Kier alpha value is -3.26. The molecule has 2 bridgehead atoms. The van der Waals surface area contributed by atoms with Crippen molar-refractivity contribution in [2.75, 3.05) is 59.9 Å². The summed E-state index contributed by atoms with van der Waals surface area (Å²) in [6, 6.07) is 12.9. The molecule has 1 amide bonds. The molecule has 0 radical (unpaired) electrons. The van der Waals surface area contributed by atoms with Crippen LogP contribution in [0.15, 0.2) is 36.4 Å². The second-order valence-electron chi connectivity index (χ2n) is 14.2. The molecule has 3 aliphatic rings. The van der Waals surface area contributed by atoms with Gasteiger partial charge in [0.25, 0.3) is 5.91 Å². The van der Waals surface area contributed by atoms with Gasteiger partial charge >= 0.3 is 5.97 Å². The summed E-state index contributed by atoms with van der Waals surface area (Å²) in [5.74, 6) is 2.91. The SMILES string of the molecule is COC(=O)[C@@]1(O)CC2O[C@]1(C)n1c3ccc(CSCCN(C)C)cc3c3c4c(c5c6cc(CSCCN(C)C)ccc6n2c5c31)C(=O)NC4. The maximum atomic E-state index is 13.9. The topological polar surface area (TPSA) is 101 Å². The number of hydrogen-bond donors (Lipinski definition) is 2. The number of methoxy groups -OCH3 is 1. The molecule has 12 heteroatoms. The largest absolute Gasteiger partial charge is 0.467 e. The van der Waals surface area contributed by atoms with Crippen LogP contribution in [0.2, 0.25) is 0 Å². The fourth-order valence-electron chi connectivity index (χ4n) is 8.14. The number of rotatable bonds is 11. The van der Waals surface area contributed by atoms with Crippen LogP contribution >= 0.6 is 23.5 Å². The summed E-state index contributed by atoms with van der Waals surface area (Å²) in [5.41, 5.74) is 4.06. The van der Waals surface area contributed by atoms with Gasteiger partial charge in [0.1, 0.15) is 6.23 Å². The minimum atomic E-state index is -1.97. The van der Waals surface area contributed by atoms with Crippen LogP contribution in [0, 0.1) is 0 Å². The maximum Gasteiger partial charge on any atom is 0.343 e. The van der Waals surface area contributed by atoms with Crippen LogP contribution in [0.25, 0.3) is 43.6 Å². The minimum Gasteiger partial charge on any atom is -0.467 e. The van der Waals surface area contributed by atoms with E-state index in [0.29, 0.717) is 12.1 Å². The zero-order valence-corrected chi connectivity index (χ0v) is 30.5. The Morgan fingerprint density at radius 1 is 0.980 bits per heavy atom. The summed E-state index contributed by atoms with van der Waals surface area (Å²) in [7, 11) is 9.64. The molecule has 5 heterocycles. The molecule has 258 valence electrons. The first-order valence-electron chi connectivity index (χ1n) is 16.8. The van der Waals surface area contributed by atoms with E-state index in [-0.39, 0.29) is 12.3 Å². The van der Waals surface area contributed by atoms with E-state index in [2.05, 4.69) is 84.3 Å². The number of carbonyl (C=O) groups is 2. The lowest BCUT2D eigenvalue weighted by Gasteiger charge is -2.37. The second kappa shape index (κ2) is 11.9. The van der Waals surface area contributed by atoms with Crippen molar-refractivity contribution in [1.29, 1.82) is 0 Å². The zero-order valence-electron chi connectivity index (χ0n) is 28.9. The first kappa shape index (κ1) is 32.9. The quantitative estimate of drug-likeness (QED) is 0.141. The van der Waals surface area contributed by atoms with E-state index in [1.54, 1.807) is 6.92 Å². The number of amides is 1. The lowest BCUT2D eigenvalue weighted by atomic mass is 9.88. The lowest BCUT2D eigenvalue weighted by Crippen LogP contribution is -2.56. The van der Waals surface area contributed by atoms with Crippen LogP contribution < -0.4 is 5.32 Å². The normalized spacial score (nSPS) is 22.8. The predicted molar refractivity (Wildman–Crippen MR) is 198 cm³/mol. The summed E-state index contributed by atoms with van der Waals surface area (Å²) in [5, 5.41) is 19.4. The van der Waals surface area contributed by atoms with Crippen molar-refractivity contribution in [2.24, 2.45) is 0 Å². The fourth-order valence-corrected chi connectivity index (χ4v) is 10.2. The minimum absolute atomic E-state index is 0.00167. The van der Waals surface area contributed by atoms with E-state index in [1.165, 1.54) is 18.2 Å². The Bertz CT molecular complexity index is 2190. The third-order valence-corrected chi connectivity index (χ3v) is 12.6. The van der Waals surface area contributed by atoms with Gasteiger partial charge in [0, 0.05) is 70.6 Å². The van der Waals surface area contributed by atoms with E-state index in [9.17, 15) is 14.7 Å². The van der Waals surface area contributed by atoms with Gasteiger partial charge in [-0.2, -0.15) is 23.5 Å². The molecule has 5 aromatic rings. The fraction of sp³-hybridized carbons (Fsp3) is 0.459. The monoisotopic (exact) mass is 701 g/mol. The van der Waals surface area contributed by atoms with Gasteiger partial charge in [-0.25, -0.2) is 4.79 Å². The smallest absolute Gasteiger partial charge is 0.343 e. The van der Waals surface area contributed by atoms with Crippen LogP contribution in [-0.2, 0) is 38.0 Å². The molecule has 0 spiro atoms. The number of carbonyl (C=O) groups excluding carboxylic acids is 2. The molecule has 8 rings (SSSR count). The molecular formula is C37H43N5O5S2. The number of benzene rings is 3. The van der Waals surface area contributed by atoms with Crippen LogP contribution in [0.4, 0.5) is 0 Å². The second-order valence-corrected chi connectivity index (χ2v) is 16.4. The molecule has 3 atom stereocenters. The van der Waals surface area contributed by atoms with Gasteiger partial charge in [0.2, 0.25) is 5.60 Å². The highest BCUT2D eigenvalue weighted by Gasteiger charge is 2.65. The first-order chi connectivity index (χ1) is 23.5. The summed E-state index contributed by atoms with van der Waals surface area (Å²) >= 11 is 3.77. The van der Waals surface area contributed by atoms with E-state index >= 15 is 0 Å². The summed E-state index contributed by atoms with van der Waals surface area (Å²) in [4.78, 5) is 31.8. The van der Waals surface area contributed by atoms with Crippen molar-refractivity contribution in [2.45, 2.75) is 48.9 Å². The van der Waals surface area contributed by atoms with E-state index < -0.39 is 23.5 Å². The van der Waals surface area contributed by atoms with E-state index in [4.69, 9.17) is 9.47 Å². The molecule has 1 fully saturated rings. The van der Waals surface area contributed by atoms with E-state index in [1.807, 2.05) is 28.1 Å². The van der Waals surface area contributed by atoms with Gasteiger partial charge in [-0.05, 0) is 76.1 Å². The number of nitrogens with one attached hydrogen (secondary N) is 1. The van der Waals surface area contributed by atoms with Crippen molar-refractivity contribution in [1.82, 2.24) is 24.3 Å². The third kappa shape index (κ3) is 4.78. The number of fused-ring (bicyclic) bond motifs is 13. The highest BCUT2D eigenvalue weighted by molar-refractivity contribution is 7.98. The Balaban J connectivity index is 1.43. The molecule has 49 heavy (non-hydrogen) atoms. The molecule has 2 aromatic heterocycles. The number of thioether (sulfide) groups is 2. The number of aromatic nitrogens is 2. The lowest BCUT2D eigenvalue weighted by molar-refractivity contribution is -0.202. The van der Waals surface area contributed by atoms with Gasteiger partial charge in [0.15, 0.2) is 5.72 Å². The van der Waals surface area contributed by atoms with Crippen LogP contribution in [-0.4, -0.2) is 101 Å². The van der Waals surface area contributed by atoms with Gasteiger partial charge < -0.3 is 38.8 Å². The van der Waals surface area contributed by atoms with Crippen molar-refractivity contribution >= 4 is 79.0 Å². The van der Waals surface area contributed by atoms with Crippen molar-refractivity contribution in [3.8, 4) is 0 Å². The zero-order chi connectivity index (χ0) is 34.4. The average molecular weight is 702 g/mol. The number of aliphatic hydroxyl groups is 1. The Morgan fingerprint density at radius 2 is 1.59 bits per heavy atom. The molecule has 3 aromatic carbocycles. The molecule has 1 saturated heterocycles. The highest BCUT2D eigenvalue weighted by Crippen LogP contribution is 2.58. The van der Waals surface area contributed by atoms with Gasteiger partial charge in [0.05, 0.1) is 34.7 Å². The number of hydrogen-bond acceptors (Lipinski definition) is 9. The molecule has 1 unspecified atom stereocenters. The first-order valence-corrected chi connectivity index (χ1v) is 19.1. The molecule has 3 aliphatic heterocycles. The molecule has 10 nitrogen and oxygen atoms in total.